The van der Waals surface area contributed by atoms with Crippen LogP contribution in [-0.2, 0) is 17.7 Å². The van der Waals surface area contributed by atoms with Crippen molar-refractivity contribution in [1.29, 1.82) is 0 Å². The molecule has 1 amide bonds. The highest BCUT2D eigenvalue weighted by Crippen LogP contribution is 2.38. The van der Waals surface area contributed by atoms with Gasteiger partial charge in [0.15, 0.2) is 0 Å². The average molecular weight is 274 g/mol. The van der Waals surface area contributed by atoms with E-state index in [4.69, 9.17) is 4.74 Å². The Labute approximate surface area is 120 Å². The van der Waals surface area contributed by atoms with Crippen molar-refractivity contribution in [3.63, 3.8) is 0 Å². The van der Waals surface area contributed by atoms with Crippen molar-refractivity contribution in [2.75, 3.05) is 26.7 Å². The van der Waals surface area contributed by atoms with E-state index in [0.717, 1.165) is 38.9 Å². The number of amides is 1. The molecule has 0 aliphatic carbocycles. The van der Waals surface area contributed by atoms with Crippen molar-refractivity contribution in [3.05, 3.63) is 35.4 Å². The molecule has 1 aromatic carbocycles. The summed E-state index contributed by atoms with van der Waals surface area (Å²) in [5, 5.41) is 3.42. The predicted molar refractivity (Wildman–Crippen MR) is 77.5 cm³/mol. The molecule has 0 radical (unpaired) electrons. The fourth-order valence-corrected chi connectivity index (χ4v) is 3.56. The minimum absolute atomic E-state index is 0.200. The Morgan fingerprint density at radius 2 is 1.95 bits per heavy atom. The largest absolute Gasteiger partial charge is 0.453 e. The van der Waals surface area contributed by atoms with Crippen LogP contribution in [0.3, 0.4) is 0 Å². The van der Waals surface area contributed by atoms with Gasteiger partial charge in [-0.15, -0.1) is 0 Å². The predicted octanol–water partition coefficient (Wildman–Crippen LogP) is 2.18. The summed E-state index contributed by atoms with van der Waals surface area (Å²) in [6.45, 7) is 3.54. The van der Waals surface area contributed by atoms with Gasteiger partial charge in [-0.25, -0.2) is 4.79 Å². The molecule has 2 aliphatic rings. The lowest BCUT2D eigenvalue weighted by atomic mass is 9.74. The van der Waals surface area contributed by atoms with Gasteiger partial charge in [0.2, 0.25) is 0 Å². The van der Waals surface area contributed by atoms with Crippen LogP contribution in [0.25, 0.3) is 0 Å². The SMILES string of the molecule is COC(=O)N1Cc2ccccc2CC2(CCNCC2)C1. The first-order valence-electron chi connectivity index (χ1n) is 7.33. The maximum atomic E-state index is 12.0. The smallest absolute Gasteiger partial charge is 0.409 e. The lowest BCUT2D eigenvalue weighted by Gasteiger charge is -2.39. The second kappa shape index (κ2) is 5.44. The van der Waals surface area contributed by atoms with Crippen LogP contribution in [-0.4, -0.2) is 37.7 Å². The van der Waals surface area contributed by atoms with Gasteiger partial charge < -0.3 is 15.0 Å². The minimum Gasteiger partial charge on any atom is -0.453 e. The van der Waals surface area contributed by atoms with Crippen LogP contribution in [0.2, 0.25) is 0 Å². The minimum atomic E-state index is -0.209. The Morgan fingerprint density at radius 1 is 1.25 bits per heavy atom. The Kier molecular flexibility index (Phi) is 3.66. The number of carbonyl (C=O) groups is 1. The number of rotatable bonds is 0. The zero-order chi connectivity index (χ0) is 14.0. The average Bonchev–Trinajstić information content (AvgIpc) is 2.63. The second-order valence-corrected chi connectivity index (χ2v) is 6.02. The number of fused-ring (bicyclic) bond motifs is 1. The summed E-state index contributed by atoms with van der Waals surface area (Å²) in [5.41, 5.74) is 2.85. The maximum absolute atomic E-state index is 12.0. The van der Waals surface area contributed by atoms with Crippen molar-refractivity contribution in [2.45, 2.75) is 25.8 Å². The van der Waals surface area contributed by atoms with Gasteiger partial charge in [-0.1, -0.05) is 24.3 Å². The Hall–Kier alpha value is -1.55. The van der Waals surface area contributed by atoms with E-state index in [9.17, 15) is 4.79 Å². The standard InChI is InChI=1S/C16H22N2O2/c1-20-15(19)18-11-14-5-3-2-4-13(14)10-16(12-18)6-8-17-9-7-16/h2-5,17H,6-12H2,1H3. The monoisotopic (exact) mass is 274 g/mol. The van der Waals surface area contributed by atoms with E-state index >= 15 is 0 Å². The number of nitrogens with zero attached hydrogens (tertiary/aromatic N) is 1. The number of nitrogens with one attached hydrogen (secondary N) is 1. The lowest BCUT2D eigenvalue weighted by Crippen LogP contribution is -2.46. The molecule has 1 aromatic rings. The summed E-state index contributed by atoms with van der Waals surface area (Å²) in [6.07, 6.45) is 3.10. The van der Waals surface area contributed by atoms with Gasteiger partial charge in [0.25, 0.3) is 0 Å². The first-order valence-corrected chi connectivity index (χ1v) is 7.33. The lowest BCUT2D eigenvalue weighted by molar-refractivity contribution is 0.0834. The van der Waals surface area contributed by atoms with Crippen LogP contribution in [0.15, 0.2) is 24.3 Å². The van der Waals surface area contributed by atoms with Crippen LogP contribution in [0.5, 0.6) is 0 Å². The molecule has 4 nitrogen and oxygen atoms in total. The molecule has 108 valence electrons. The van der Waals surface area contributed by atoms with E-state index in [2.05, 4.69) is 29.6 Å². The molecule has 20 heavy (non-hydrogen) atoms. The van der Waals surface area contributed by atoms with E-state index in [1.54, 1.807) is 0 Å². The Bertz CT molecular complexity index is 495. The molecule has 3 rings (SSSR count). The number of hydrogen-bond donors (Lipinski definition) is 1. The van der Waals surface area contributed by atoms with Crippen molar-refractivity contribution >= 4 is 6.09 Å². The van der Waals surface area contributed by atoms with Crippen LogP contribution >= 0.6 is 0 Å². The molecule has 1 fully saturated rings. The van der Waals surface area contributed by atoms with E-state index in [1.165, 1.54) is 18.2 Å². The molecule has 1 saturated heterocycles. The number of hydrogen-bond acceptors (Lipinski definition) is 3. The van der Waals surface area contributed by atoms with Crippen molar-refractivity contribution < 1.29 is 9.53 Å². The summed E-state index contributed by atoms with van der Waals surface area (Å²) in [4.78, 5) is 13.9. The van der Waals surface area contributed by atoms with E-state index < -0.39 is 0 Å². The third-order valence-corrected chi connectivity index (χ3v) is 4.67. The number of ether oxygens (including phenoxy) is 1. The van der Waals surface area contributed by atoms with Crippen LogP contribution in [0, 0.1) is 5.41 Å². The number of methoxy groups -OCH3 is 1. The molecule has 2 heterocycles. The molecule has 4 heteroatoms. The molecule has 0 bridgehead atoms. The molecule has 0 atom stereocenters. The van der Waals surface area contributed by atoms with Crippen molar-refractivity contribution in [1.82, 2.24) is 10.2 Å². The number of carbonyl (C=O) groups excluding carboxylic acids is 1. The first-order chi connectivity index (χ1) is 9.72. The normalized spacial score (nSPS) is 21.1. The second-order valence-electron chi connectivity index (χ2n) is 6.02. The van der Waals surface area contributed by atoms with E-state index in [1.807, 2.05) is 4.90 Å². The van der Waals surface area contributed by atoms with Crippen molar-refractivity contribution in [3.8, 4) is 0 Å². The van der Waals surface area contributed by atoms with Gasteiger partial charge in [0.05, 0.1) is 7.11 Å². The number of piperidine rings is 1. The zero-order valence-corrected chi connectivity index (χ0v) is 12.0. The fraction of sp³-hybridized carbons (Fsp3) is 0.562. The molecule has 1 spiro atoms. The summed E-state index contributed by atoms with van der Waals surface area (Å²) in [6, 6.07) is 8.49. The Balaban J connectivity index is 1.95. The summed E-state index contributed by atoms with van der Waals surface area (Å²) < 4.78 is 4.97. The van der Waals surface area contributed by atoms with Gasteiger partial charge in [0, 0.05) is 13.1 Å². The quantitative estimate of drug-likeness (QED) is 0.788. The molecular weight excluding hydrogens is 252 g/mol. The van der Waals surface area contributed by atoms with Gasteiger partial charge in [0.1, 0.15) is 0 Å². The highest BCUT2D eigenvalue weighted by molar-refractivity contribution is 5.67. The van der Waals surface area contributed by atoms with Crippen molar-refractivity contribution in [2.24, 2.45) is 5.41 Å². The van der Waals surface area contributed by atoms with Gasteiger partial charge in [-0.3, -0.25) is 0 Å². The highest BCUT2D eigenvalue weighted by atomic mass is 16.5. The maximum Gasteiger partial charge on any atom is 0.409 e. The molecule has 0 unspecified atom stereocenters. The molecule has 0 aromatic heterocycles. The first kappa shape index (κ1) is 13.4. The molecule has 0 saturated carbocycles. The molecule has 2 aliphatic heterocycles. The zero-order valence-electron chi connectivity index (χ0n) is 12.0. The summed E-state index contributed by atoms with van der Waals surface area (Å²) in [5.74, 6) is 0. The Morgan fingerprint density at radius 3 is 2.65 bits per heavy atom. The van der Waals surface area contributed by atoms with E-state index in [0.29, 0.717) is 6.54 Å². The van der Waals surface area contributed by atoms with Crippen LogP contribution < -0.4 is 5.32 Å². The topological polar surface area (TPSA) is 41.6 Å². The third kappa shape index (κ3) is 2.52. The molecular formula is C16H22N2O2. The molecule has 1 N–H and O–H groups in total. The van der Waals surface area contributed by atoms with E-state index in [-0.39, 0.29) is 11.5 Å². The summed E-state index contributed by atoms with van der Waals surface area (Å²) in [7, 11) is 1.47. The van der Waals surface area contributed by atoms with Gasteiger partial charge in [-0.2, -0.15) is 0 Å². The number of benzene rings is 1. The van der Waals surface area contributed by atoms with Crippen LogP contribution in [0.4, 0.5) is 4.79 Å². The fourth-order valence-electron chi connectivity index (χ4n) is 3.56. The summed E-state index contributed by atoms with van der Waals surface area (Å²) >= 11 is 0. The van der Waals surface area contributed by atoms with Gasteiger partial charge >= 0.3 is 6.09 Å². The highest BCUT2D eigenvalue weighted by Gasteiger charge is 2.38. The van der Waals surface area contributed by atoms with Gasteiger partial charge in [-0.05, 0) is 48.9 Å². The third-order valence-electron chi connectivity index (χ3n) is 4.67. The van der Waals surface area contributed by atoms with Crippen LogP contribution in [0.1, 0.15) is 24.0 Å².